The van der Waals surface area contributed by atoms with Gasteiger partial charge in [-0.25, -0.2) is 0 Å². The van der Waals surface area contributed by atoms with Crippen molar-refractivity contribution in [3.8, 4) is 5.75 Å². The standard InChI is InChI=1S/C13H20N2O3/c1-8-7-12(18-3)9(2)6-11(8)15-5-4-10(14)13(16)17/h6-7,10,15H,4-5,14H2,1-3H3,(H,16,17). The molecule has 1 atom stereocenters. The highest BCUT2D eigenvalue weighted by Gasteiger charge is 2.11. The number of nitrogens with one attached hydrogen (secondary N) is 1. The van der Waals surface area contributed by atoms with Gasteiger partial charge in [0.2, 0.25) is 0 Å². The van der Waals surface area contributed by atoms with E-state index in [1.165, 1.54) is 0 Å². The van der Waals surface area contributed by atoms with Crippen LogP contribution in [0.2, 0.25) is 0 Å². The van der Waals surface area contributed by atoms with Gasteiger partial charge in [-0.3, -0.25) is 4.79 Å². The van der Waals surface area contributed by atoms with Crippen molar-refractivity contribution in [1.29, 1.82) is 0 Å². The first-order valence-corrected chi connectivity index (χ1v) is 5.83. The SMILES string of the molecule is COc1cc(C)c(NCCC(N)C(=O)O)cc1C. The average Bonchev–Trinajstić information content (AvgIpc) is 2.32. The number of aliphatic carboxylic acids is 1. The Bertz CT molecular complexity index is 432. The van der Waals surface area contributed by atoms with Crippen molar-refractivity contribution in [2.24, 2.45) is 5.73 Å². The molecule has 4 N–H and O–H groups in total. The number of benzene rings is 1. The molecule has 0 aliphatic heterocycles. The van der Waals surface area contributed by atoms with Crippen LogP contribution in [0.15, 0.2) is 12.1 Å². The zero-order valence-corrected chi connectivity index (χ0v) is 11.0. The summed E-state index contributed by atoms with van der Waals surface area (Å²) in [5.41, 5.74) is 8.50. The Kier molecular flexibility index (Phi) is 4.97. The molecule has 1 unspecified atom stereocenters. The third-order valence-electron chi connectivity index (χ3n) is 2.83. The van der Waals surface area contributed by atoms with Gasteiger partial charge in [-0.1, -0.05) is 0 Å². The first kappa shape index (κ1) is 14.3. The Balaban J connectivity index is 2.63. The van der Waals surface area contributed by atoms with Crippen LogP contribution >= 0.6 is 0 Å². The van der Waals surface area contributed by atoms with Crippen LogP contribution in [0.1, 0.15) is 17.5 Å². The van der Waals surface area contributed by atoms with Crippen LogP contribution < -0.4 is 15.8 Å². The number of aryl methyl sites for hydroxylation is 2. The summed E-state index contributed by atoms with van der Waals surface area (Å²) in [5, 5.41) is 11.9. The fraction of sp³-hybridized carbons (Fsp3) is 0.462. The Labute approximate surface area is 107 Å². The van der Waals surface area contributed by atoms with E-state index in [4.69, 9.17) is 15.6 Å². The van der Waals surface area contributed by atoms with Gasteiger partial charge < -0.3 is 20.9 Å². The Morgan fingerprint density at radius 2 is 2.11 bits per heavy atom. The highest BCUT2D eigenvalue weighted by atomic mass is 16.5. The normalized spacial score (nSPS) is 12.0. The summed E-state index contributed by atoms with van der Waals surface area (Å²) < 4.78 is 5.23. The van der Waals surface area contributed by atoms with E-state index in [9.17, 15) is 4.79 Å². The third-order valence-corrected chi connectivity index (χ3v) is 2.83. The second kappa shape index (κ2) is 6.26. The lowest BCUT2D eigenvalue weighted by Gasteiger charge is -2.14. The summed E-state index contributed by atoms with van der Waals surface area (Å²) in [6, 6.07) is 3.12. The molecule has 1 rings (SSSR count). The maximum Gasteiger partial charge on any atom is 0.320 e. The van der Waals surface area contributed by atoms with Crippen molar-refractivity contribution >= 4 is 11.7 Å². The van der Waals surface area contributed by atoms with E-state index in [1.807, 2.05) is 26.0 Å². The van der Waals surface area contributed by atoms with E-state index in [2.05, 4.69) is 5.32 Å². The molecule has 0 saturated carbocycles. The van der Waals surface area contributed by atoms with Gasteiger partial charge in [-0.2, -0.15) is 0 Å². The molecule has 0 aliphatic carbocycles. The van der Waals surface area contributed by atoms with Gasteiger partial charge >= 0.3 is 5.97 Å². The van der Waals surface area contributed by atoms with Crippen molar-refractivity contribution in [3.05, 3.63) is 23.3 Å². The first-order valence-electron chi connectivity index (χ1n) is 5.83. The summed E-state index contributed by atoms with van der Waals surface area (Å²) in [7, 11) is 1.64. The third kappa shape index (κ3) is 3.63. The minimum absolute atomic E-state index is 0.389. The zero-order valence-electron chi connectivity index (χ0n) is 11.0. The van der Waals surface area contributed by atoms with Crippen LogP contribution in [0.3, 0.4) is 0 Å². The molecular formula is C13H20N2O3. The molecule has 5 nitrogen and oxygen atoms in total. The molecule has 18 heavy (non-hydrogen) atoms. The lowest BCUT2D eigenvalue weighted by molar-refractivity contribution is -0.138. The number of carbonyl (C=O) groups is 1. The van der Waals surface area contributed by atoms with Crippen LogP contribution in [0.4, 0.5) is 5.69 Å². The van der Waals surface area contributed by atoms with Crippen molar-refractivity contribution in [3.63, 3.8) is 0 Å². The Hall–Kier alpha value is -1.75. The highest BCUT2D eigenvalue weighted by Crippen LogP contribution is 2.25. The summed E-state index contributed by atoms with van der Waals surface area (Å²) in [5.74, 6) is -0.125. The van der Waals surface area contributed by atoms with E-state index in [-0.39, 0.29) is 0 Å². The summed E-state index contributed by atoms with van der Waals surface area (Å²) in [6.45, 7) is 4.47. The molecule has 0 heterocycles. The largest absolute Gasteiger partial charge is 0.496 e. The zero-order chi connectivity index (χ0) is 13.7. The molecule has 0 bridgehead atoms. The minimum atomic E-state index is -0.973. The second-order valence-electron chi connectivity index (χ2n) is 4.30. The van der Waals surface area contributed by atoms with E-state index >= 15 is 0 Å². The van der Waals surface area contributed by atoms with Crippen molar-refractivity contribution in [1.82, 2.24) is 0 Å². The number of methoxy groups -OCH3 is 1. The number of anilines is 1. The maximum atomic E-state index is 10.6. The van der Waals surface area contributed by atoms with Gasteiger partial charge in [-0.15, -0.1) is 0 Å². The van der Waals surface area contributed by atoms with Crippen LogP contribution in [0, 0.1) is 13.8 Å². The molecule has 1 aromatic rings. The number of hydrogen-bond donors (Lipinski definition) is 3. The number of rotatable bonds is 6. The van der Waals surface area contributed by atoms with E-state index < -0.39 is 12.0 Å². The predicted octanol–water partition coefficient (Wildman–Crippen LogP) is 1.53. The minimum Gasteiger partial charge on any atom is -0.496 e. The molecule has 0 spiro atoms. The van der Waals surface area contributed by atoms with Gasteiger partial charge in [0.25, 0.3) is 0 Å². The summed E-state index contributed by atoms with van der Waals surface area (Å²) in [4.78, 5) is 10.6. The number of nitrogens with two attached hydrogens (primary N) is 1. The second-order valence-corrected chi connectivity index (χ2v) is 4.30. The molecule has 0 saturated heterocycles. The smallest absolute Gasteiger partial charge is 0.320 e. The monoisotopic (exact) mass is 252 g/mol. The van der Waals surface area contributed by atoms with Gasteiger partial charge in [0.15, 0.2) is 0 Å². The van der Waals surface area contributed by atoms with Gasteiger partial charge in [0.1, 0.15) is 11.8 Å². The fourth-order valence-electron chi connectivity index (χ4n) is 1.69. The van der Waals surface area contributed by atoms with E-state index in [0.29, 0.717) is 13.0 Å². The van der Waals surface area contributed by atoms with Gasteiger partial charge in [0, 0.05) is 12.2 Å². The van der Waals surface area contributed by atoms with E-state index in [0.717, 1.165) is 22.6 Å². The fourth-order valence-corrected chi connectivity index (χ4v) is 1.69. The molecule has 0 aliphatic rings. The van der Waals surface area contributed by atoms with Crippen molar-refractivity contribution < 1.29 is 14.6 Å². The number of hydrogen-bond acceptors (Lipinski definition) is 4. The molecule has 100 valence electrons. The lowest BCUT2D eigenvalue weighted by atomic mass is 10.1. The molecule has 0 radical (unpaired) electrons. The van der Waals surface area contributed by atoms with E-state index in [1.54, 1.807) is 7.11 Å². The van der Waals surface area contributed by atoms with Gasteiger partial charge in [0.05, 0.1) is 7.11 Å². The number of ether oxygens (including phenoxy) is 1. The Morgan fingerprint density at radius 1 is 1.44 bits per heavy atom. The van der Waals surface area contributed by atoms with Crippen LogP contribution in [-0.2, 0) is 4.79 Å². The lowest BCUT2D eigenvalue weighted by Crippen LogP contribution is -2.32. The topological polar surface area (TPSA) is 84.6 Å². The number of carboxylic acid groups (broad SMARTS) is 1. The molecule has 0 fully saturated rings. The van der Waals surface area contributed by atoms with Crippen molar-refractivity contribution in [2.45, 2.75) is 26.3 Å². The molecule has 0 aromatic heterocycles. The van der Waals surface area contributed by atoms with Crippen LogP contribution in [0.25, 0.3) is 0 Å². The predicted molar refractivity (Wildman–Crippen MR) is 71.2 cm³/mol. The molecule has 0 amide bonds. The molecule has 5 heteroatoms. The van der Waals surface area contributed by atoms with Crippen LogP contribution in [-0.4, -0.2) is 30.8 Å². The van der Waals surface area contributed by atoms with Crippen LogP contribution in [0.5, 0.6) is 5.75 Å². The van der Waals surface area contributed by atoms with Crippen molar-refractivity contribution in [2.75, 3.05) is 19.0 Å². The molecule has 1 aromatic carbocycles. The molecular weight excluding hydrogens is 232 g/mol. The van der Waals surface area contributed by atoms with Gasteiger partial charge in [-0.05, 0) is 43.5 Å². The Morgan fingerprint density at radius 3 is 2.67 bits per heavy atom. The number of carboxylic acids is 1. The summed E-state index contributed by atoms with van der Waals surface area (Å²) in [6.07, 6.45) is 0.389. The highest BCUT2D eigenvalue weighted by molar-refractivity contribution is 5.73. The average molecular weight is 252 g/mol. The maximum absolute atomic E-state index is 10.6. The quantitative estimate of drug-likeness (QED) is 0.715. The first-order chi connectivity index (χ1) is 8.45. The summed E-state index contributed by atoms with van der Waals surface area (Å²) >= 11 is 0.